The van der Waals surface area contributed by atoms with Crippen molar-refractivity contribution in [2.24, 2.45) is 0 Å². The minimum atomic E-state index is -0.363. The molecule has 0 spiro atoms. The van der Waals surface area contributed by atoms with E-state index in [0.717, 1.165) is 32.8 Å². The third kappa shape index (κ3) is 3.16. The van der Waals surface area contributed by atoms with Crippen LogP contribution in [0.25, 0.3) is 16.9 Å². The van der Waals surface area contributed by atoms with Gasteiger partial charge in [-0.15, -0.1) is 0 Å². The van der Waals surface area contributed by atoms with Crippen molar-refractivity contribution in [1.29, 1.82) is 0 Å². The van der Waals surface area contributed by atoms with Crippen molar-refractivity contribution >= 4 is 27.4 Å². The lowest BCUT2D eigenvalue weighted by atomic mass is 10.1. The molecule has 7 nitrogen and oxygen atoms in total. The van der Waals surface area contributed by atoms with Crippen molar-refractivity contribution in [1.82, 2.24) is 24.6 Å². The summed E-state index contributed by atoms with van der Waals surface area (Å²) in [6, 6.07) is 11.9. The summed E-state index contributed by atoms with van der Waals surface area (Å²) in [6.07, 6.45) is 4.89. The third-order valence-corrected chi connectivity index (χ3v) is 4.26. The van der Waals surface area contributed by atoms with Crippen LogP contribution in [0.4, 0.5) is 5.82 Å². The average molecular weight is 397 g/mol. The van der Waals surface area contributed by atoms with Crippen LogP contribution in [0, 0.1) is 0 Å². The van der Waals surface area contributed by atoms with E-state index in [1.165, 1.54) is 0 Å². The summed E-state index contributed by atoms with van der Waals surface area (Å²) in [5, 5.41) is 7.68. The molecule has 0 aliphatic heterocycles. The van der Waals surface area contributed by atoms with Crippen molar-refractivity contribution in [3.05, 3.63) is 75.5 Å². The van der Waals surface area contributed by atoms with Crippen LogP contribution in [0.1, 0.15) is 5.56 Å². The Hall–Kier alpha value is -3.00. The second-order valence-electron chi connectivity index (χ2n) is 5.40. The average Bonchev–Trinajstić information content (AvgIpc) is 3.03. The molecule has 0 saturated heterocycles. The van der Waals surface area contributed by atoms with Crippen LogP contribution in [0.3, 0.4) is 0 Å². The number of H-pyrrole nitrogens is 1. The van der Waals surface area contributed by atoms with E-state index in [0.29, 0.717) is 6.54 Å². The number of aromatic amines is 1. The van der Waals surface area contributed by atoms with Crippen LogP contribution in [0.2, 0.25) is 0 Å². The summed E-state index contributed by atoms with van der Waals surface area (Å²) >= 11 is 3.49. The highest BCUT2D eigenvalue weighted by Crippen LogP contribution is 2.25. The predicted molar refractivity (Wildman–Crippen MR) is 98.3 cm³/mol. The highest BCUT2D eigenvalue weighted by Gasteiger charge is 2.11. The van der Waals surface area contributed by atoms with Crippen LogP contribution in [0.5, 0.6) is 0 Å². The molecule has 0 aliphatic rings. The normalized spacial score (nSPS) is 10.9. The Morgan fingerprint density at radius 1 is 1.20 bits per heavy atom. The Kier molecular flexibility index (Phi) is 4.02. The van der Waals surface area contributed by atoms with Gasteiger partial charge in [-0.25, -0.2) is 14.8 Å². The number of anilines is 1. The smallest absolute Gasteiger partial charge is 0.344 e. The molecule has 0 radical (unpaired) electrons. The van der Waals surface area contributed by atoms with Gasteiger partial charge in [0.1, 0.15) is 5.82 Å². The lowest BCUT2D eigenvalue weighted by molar-refractivity contribution is 0.919. The Bertz CT molecular complexity index is 1070. The maximum Gasteiger partial charge on any atom is 0.344 e. The summed E-state index contributed by atoms with van der Waals surface area (Å²) in [7, 11) is 0. The monoisotopic (exact) mass is 396 g/mol. The van der Waals surface area contributed by atoms with Gasteiger partial charge in [-0.1, -0.05) is 30.3 Å². The number of aromatic nitrogens is 5. The highest BCUT2D eigenvalue weighted by atomic mass is 79.9. The van der Waals surface area contributed by atoms with E-state index >= 15 is 0 Å². The van der Waals surface area contributed by atoms with Crippen molar-refractivity contribution in [3.63, 3.8) is 0 Å². The molecule has 124 valence electrons. The Morgan fingerprint density at radius 3 is 2.80 bits per heavy atom. The fourth-order valence-electron chi connectivity index (χ4n) is 2.48. The van der Waals surface area contributed by atoms with Gasteiger partial charge in [-0.2, -0.15) is 9.61 Å². The van der Waals surface area contributed by atoms with Crippen molar-refractivity contribution in [2.75, 3.05) is 5.32 Å². The standard InChI is InChI=1S/C17H13BrN6O/c18-13-10-22-24-15(19-7-11-8-20-17(25)21-9-11)6-14(23-16(13)24)12-4-2-1-3-5-12/h1-6,8-10,19H,7H2,(H,20,21,25). The maximum atomic E-state index is 11.1. The van der Waals surface area contributed by atoms with Crippen molar-refractivity contribution < 1.29 is 0 Å². The van der Waals surface area contributed by atoms with Crippen LogP contribution in [0.15, 0.2) is 64.3 Å². The molecule has 3 aromatic heterocycles. The maximum absolute atomic E-state index is 11.1. The number of rotatable bonds is 4. The summed E-state index contributed by atoms with van der Waals surface area (Å²) in [5.41, 5.74) is 3.08. The van der Waals surface area contributed by atoms with Gasteiger partial charge < -0.3 is 10.3 Å². The Balaban J connectivity index is 1.74. The van der Waals surface area contributed by atoms with Crippen LogP contribution < -0.4 is 11.0 Å². The molecule has 0 amide bonds. The molecule has 4 rings (SSSR count). The summed E-state index contributed by atoms with van der Waals surface area (Å²) in [6.45, 7) is 0.495. The lowest BCUT2D eigenvalue weighted by Gasteiger charge is -2.10. The zero-order valence-electron chi connectivity index (χ0n) is 13.0. The summed E-state index contributed by atoms with van der Waals surface area (Å²) in [4.78, 5) is 22.0. The molecular weight excluding hydrogens is 384 g/mol. The van der Waals surface area contributed by atoms with Crippen LogP contribution in [-0.4, -0.2) is 24.6 Å². The fraction of sp³-hybridized carbons (Fsp3) is 0.0588. The number of halogens is 1. The van der Waals surface area contributed by atoms with Crippen LogP contribution in [-0.2, 0) is 6.54 Å². The molecule has 0 fully saturated rings. The van der Waals surface area contributed by atoms with Gasteiger partial charge in [0.05, 0.1) is 16.4 Å². The highest BCUT2D eigenvalue weighted by molar-refractivity contribution is 9.10. The molecule has 25 heavy (non-hydrogen) atoms. The molecule has 2 N–H and O–H groups in total. The SMILES string of the molecule is O=c1ncc(CNc2cc(-c3ccccc3)nc3c(Br)cnn23)c[nH]1. The van der Waals surface area contributed by atoms with Gasteiger partial charge >= 0.3 is 5.69 Å². The van der Waals surface area contributed by atoms with Gasteiger partial charge in [-0.3, -0.25) is 0 Å². The van der Waals surface area contributed by atoms with Crippen LogP contribution >= 0.6 is 15.9 Å². The van der Waals surface area contributed by atoms with E-state index in [1.807, 2.05) is 36.4 Å². The molecule has 3 heterocycles. The van der Waals surface area contributed by atoms with Gasteiger partial charge in [0, 0.05) is 36.1 Å². The molecule has 0 unspecified atom stereocenters. The zero-order valence-corrected chi connectivity index (χ0v) is 14.6. The second-order valence-corrected chi connectivity index (χ2v) is 6.26. The summed E-state index contributed by atoms with van der Waals surface area (Å²) < 4.78 is 2.55. The number of hydrogen-bond acceptors (Lipinski definition) is 5. The van der Waals surface area contributed by atoms with E-state index in [1.54, 1.807) is 23.1 Å². The molecular formula is C17H13BrN6O. The first-order valence-electron chi connectivity index (χ1n) is 7.58. The number of nitrogens with zero attached hydrogens (tertiary/aromatic N) is 4. The molecule has 8 heteroatoms. The second kappa shape index (κ2) is 6.48. The van der Waals surface area contributed by atoms with Gasteiger partial charge in [0.2, 0.25) is 0 Å². The number of hydrogen-bond donors (Lipinski definition) is 2. The first kappa shape index (κ1) is 15.5. The van der Waals surface area contributed by atoms with Crippen molar-refractivity contribution in [3.8, 4) is 11.3 Å². The van der Waals surface area contributed by atoms with Gasteiger partial charge in [-0.05, 0) is 15.9 Å². The largest absolute Gasteiger partial charge is 0.366 e. The fourth-order valence-corrected chi connectivity index (χ4v) is 2.83. The Morgan fingerprint density at radius 2 is 2.04 bits per heavy atom. The number of benzene rings is 1. The number of fused-ring (bicyclic) bond motifs is 1. The molecule has 0 bridgehead atoms. The molecule has 0 aliphatic carbocycles. The summed E-state index contributed by atoms with van der Waals surface area (Å²) in [5.74, 6) is 0.792. The first-order valence-corrected chi connectivity index (χ1v) is 8.37. The quantitative estimate of drug-likeness (QED) is 0.553. The predicted octanol–water partition coefficient (Wildman–Crippen LogP) is 2.85. The minimum absolute atomic E-state index is 0.363. The third-order valence-electron chi connectivity index (χ3n) is 3.70. The van der Waals surface area contributed by atoms with E-state index in [4.69, 9.17) is 0 Å². The van der Waals surface area contributed by atoms with Gasteiger partial charge in [0.25, 0.3) is 0 Å². The molecule has 1 aromatic carbocycles. The Labute approximate surface area is 150 Å². The first-order chi connectivity index (χ1) is 12.2. The molecule has 0 atom stereocenters. The van der Waals surface area contributed by atoms with E-state index in [-0.39, 0.29) is 5.69 Å². The van der Waals surface area contributed by atoms with Crippen molar-refractivity contribution in [2.45, 2.75) is 6.54 Å². The van der Waals surface area contributed by atoms with E-state index in [2.05, 4.69) is 41.3 Å². The topological polar surface area (TPSA) is 88.0 Å². The van der Waals surface area contributed by atoms with Gasteiger partial charge in [0.15, 0.2) is 5.65 Å². The minimum Gasteiger partial charge on any atom is -0.366 e. The molecule has 4 aromatic rings. The van der Waals surface area contributed by atoms with E-state index < -0.39 is 0 Å². The number of nitrogens with one attached hydrogen (secondary N) is 2. The lowest BCUT2D eigenvalue weighted by Crippen LogP contribution is -2.12. The van der Waals surface area contributed by atoms with E-state index in [9.17, 15) is 4.79 Å². The molecule has 0 saturated carbocycles. The zero-order chi connectivity index (χ0) is 17.2.